The molecule has 0 amide bonds. The zero-order valence-electron chi connectivity index (χ0n) is 6.91. The number of rotatable bonds is 2. The fourth-order valence-corrected chi connectivity index (χ4v) is 2.12. The first-order chi connectivity index (χ1) is 6.74. The number of hydrogen-bond acceptors (Lipinski definition) is 3. The summed E-state index contributed by atoms with van der Waals surface area (Å²) < 4.78 is 6.26. The summed E-state index contributed by atoms with van der Waals surface area (Å²) in [6, 6.07) is 7.16. The van der Waals surface area contributed by atoms with Gasteiger partial charge < -0.3 is 4.74 Å². The lowest BCUT2D eigenvalue weighted by Gasteiger charge is -2.00. The van der Waals surface area contributed by atoms with Crippen LogP contribution in [0, 0.1) is 0 Å². The van der Waals surface area contributed by atoms with Gasteiger partial charge in [-0.15, -0.1) is 0 Å². The van der Waals surface area contributed by atoms with Crippen molar-refractivity contribution in [1.82, 2.24) is 4.98 Å². The molecule has 0 aliphatic carbocycles. The van der Waals surface area contributed by atoms with Gasteiger partial charge in [0.1, 0.15) is 10.4 Å². The van der Waals surface area contributed by atoms with Gasteiger partial charge in [0, 0.05) is 10.4 Å². The first-order valence-electron chi connectivity index (χ1n) is 3.78. The molecule has 5 heteroatoms. The fraction of sp³-hybridized carbons (Fsp3) is 0. The largest absolute Gasteiger partial charge is 0.431 e. The summed E-state index contributed by atoms with van der Waals surface area (Å²) in [6.45, 7) is 0. The zero-order valence-corrected chi connectivity index (χ0v) is 10.1. The Hall–Kier alpha value is -0.580. The number of aromatic nitrogens is 1. The van der Waals surface area contributed by atoms with E-state index in [-0.39, 0.29) is 0 Å². The highest BCUT2D eigenvalue weighted by Crippen LogP contribution is 2.27. The van der Waals surface area contributed by atoms with E-state index in [1.807, 2.05) is 5.38 Å². The van der Waals surface area contributed by atoms with Crippen LogP contribution in [0.1, 0.15) is 0 Å². The molecule has 0 saturated heterocycles. The van der Waals surface area contributed by atoms with Crippen molar-refractivity contribution in [2.75, 3.05) is 0 Å². The summed E-state index contributed by atoms with van der Waals surface area (Å²) in [6.07, 6.45) is 0. The Morgan fingerprint density at radius 2 is 2.00 bits per heavy atom. The Morgan fingerprint density at radius 3 is 2.57 bits per heavy atom. The number of hydrogen-bond donors (Lipinski definition) is 0. The molecule has 0 fully saturated rings. The van der Waals surface area contributed by atoms with Gasteiger partial charge >= 0.3 is 0 Å². The molecule has 0 aliphatic heterocycles. The Bertz CT molecular complexity index is 429. The van der Waals surface area contributed by atoms with Crippen LogP contribution in [-0.4, -0.2) is 4.98 Å². The Labute approximate surface area is 98.6 Å². The van der Waals surface area contributed by atoms with Crippen LogP contribution >= 0.6 is 38.9 Å². The third-order valence-corrected chi connectivity index (χ3v) is 3.15. The molecule has 1 heterocycles. The van der Waals surface area contributed by atoms with E-state index in [0.717, 1.165) is 10.4 Å². The topological polar surface area (TPSA) is 22.1 Å². The van der Waals surface area contributed by atoms with Crippen LogP contribution in [0.15, 0.2) is 34.2 Å². The predicted octanol–water partition coefficient (Wildman–Crippen LogP) is 4.35. The minimum atomic E-state index is 0.610. The number of thiazole rings is 1. The quantitative estimate of drug-likeness (QED) is 0.820. The number of benzene rings is 1. The Balaban J connectivity index is 2.15. The summed E-state index contributed by atoms with van der Waals surface area (Å²) in [5.41, 5.74) is 0. The molecule has 2 nitrogen and oxygen atoms in total. The first-order valence-corrected chi connectivity index (χ1v) is 5.83. The average Bonchev–Trinajstić information content (AvgIpc) is 2.56. The van der Waals surface area contributed by atoms with Crippen molar-refractivity contribution in [3.63, 3.8) is 0 Å². The van der Waals surface area contributed by atoms with Gasteiger partial charge in [0.2, 0.25) is 0 Å². The van der Waals surface area contributed by atoms with Crippen molar-refractivity contribution >= 4 is 38.9 Å². The van der Waals surface area contributed by atoms with E-state index >= 15 is 0 Å². The highest BCUT2D eigenvalue weighted by Gasteiger charge is 2.01. The molecule has 14 heavy (non-hydrogen) atoms. The van der Waals surface area contributed by atoms with Gasteiger partial charge in [-0.05, 0) is 40.2 Å². The summed E-state index contributed by atoms with van der Waals surface area (Å²) in [5, 5.41) is 3.17. The second-order valence-corrected chi connectivity index (χ2v) is 4.56. The van der Waals surface area contributed by atoms with E-state index in [9.17, 15) is 0 Å². The van der Waals surface area contributed by atoms with Crippen LogP contribution in [0.25, 0.3) is 0 Å². The predicted molar refractivity (Wildman–Crippen MR) is 61.3 cm³/mol. The lowest BCUT2D eigenvalue weighted by Crippen LogP contribution is -1.81. The molecule has 1 aromatic heterocycles. The number of nitrogens with zero attached hydrogens (tertiary/aromatic N) is 1. The lowest BCUT2D eigenvalue weighted by atomic mass is 10.3. The van der Waals surface area contributed by atoms with Gasteiger partial charge in [-0.2, -0.15) is 4.98 Å². The standard InChI is InChI=1S/C9H5BrClNOS/c10-8-5-14-9(12-8)13-7-3-1-6(11)2-4-7/h1-5H. The van der Waals surface area contributed by atoms with E-state index in [4.69, 9.17) is 16.3 Å². The molecule has 0 N–H and O–H groups in total. The fourth-order valence-electron chi connectivity index (χ4n) is 0.889. The minimum Gasteiger partial charge on any atom is -0.431 e. The van der Waals surface area contributed by atoms with Gasteiger partial charge in [-0.1, -0.05) is 22.9 Å². The molecule has 0 bridgehead atoms. The highest BCUT2D eigenvalue weighted by molar-refractivity contribution is 9.10. The Morgan fingerprint density at radius 1 is 1.29 bits per heavy atom. The highest BCUT2D eigenvalue weighted by atomic mass is 79.9. The average molecular weight is 291 g/mol. The molecular formula is C9H5BrClNOS. The second-order valence-electron chi connectivity index (χ2n) is 2.49. The van der Waals surface area contributed by atoms with Gasteiger partial charge in [-0.25, -0.2) is 0 Å². The SMILES string of the molecule is Clc1ccc(Oc2nc(Br)cs2)cc1. The van der Waals surface area contributed by atoms with Crippen LogP contribution in [0.2, 0.25) is 5.02 Å². The maximum atomic E-state index is 5.74. The van der Waals surface area contributed by atoms with Crippen molar-refractivity contribution in [1.29, 1.82) is 0 Å². The normalized spacial score (nSPS) is 10.1. The molecule has 2 rings (SSSR count). The van der Waals surface area contributed by atoms with Crippen LogP contribution in [-0.2, 0) is 0 Å². The molecule has 72 valence electrons. The summed E-state index contributed by atoms with van der Waals surface area (Å²) in [5.74, 6) is 0.733. The second kappa shape index (κ2) is 4.29. The van der Waals surface area contributed by atoms with Crippen LogP contribution in [0.4, 0.5) is 0 Å². The number of ether oxygens (including phenoxy) is 1. The van der Waals surface area contributed by atoms with Crippen molar-refractivity contribution in [3.8, 4) is 10.9 Å². The third kappa shape index (κ3) is 2.47. The van der Waals surface area contributed by atoms with E-state index in [2.05, 4.69) is 20.9 Å². The molecule has 2 aromatic rings. The van der Waals surface area contributed by atoms with Gasteiger partial charge in [0.05, 0.1) is 0 Å². The van der Waals surface area contributed by atoms with Crippen molar-refractivity contribution in [3.05, 3.63) is 39.3 Å². The minimum absolute atomic E-state index is 0.610. The third-order valence-electron chi connectivity index (χ3n) is 1.47. The monoisotopic (exact) mass is 289 g/mol. The zero-order chi connectivity index (χ0) is 9.97. The van der Waals surface area contributed by atoms with E-state index in [1.54, 1.807) is 24.3 Å². The van der Waals surface area contributed by atoms with E-state index in [1.165, 1.54) is 11.3 Å². The lowest BCUT2D eigenvalue weighted by molar-refractivity contribution is 0.478. The van der Waals surface area contributed by atoms with E-state index < -0.39 is 0 Å². The van der Waals surface area contributed by atoms with Crippen LogP contribution < -0.4 is 4.74 Å². The molecule has 0 spiro atoms. The van der Waals surface area contributed by atoms with Crippen molar-refractivity contribution in [2.45, 2.75) is 0 Å². The van der Waals surface area contributed by atoms with E-state index in [0.29, 0.717) is 10.2 Å². The van der Waals surface area contributed by atoms with Crippen molar-refractivity contribution in [2.24, 2.45) is 0 Å². The summed E-state index contributed by atoms with van der Waals surface area (Å²) >= 11 is 10.4. The van der Waals surface area contributed by atoms with Crippen LogP contribution in [0.5, 0.6) is 10.9 Å². The van der Waals surface area contributed by atoms with Gasteiger partial charge in [0.15, 0.2) is 0 Å². The van der Waals surface area contributed by atoms with Gasteiger partial charge in [-0.3, -0.25) is 0 Å². The van der Waals surface area contributed by atoms with Crippen molar-refractivity contribution < 1.29 is 4.74 Å². The first kappa shape index (κ1) is 9.96. The maximum absolute atomic E-state index is 5.74. The van der Waals surface area contributed by atoms with Crippen LogP contribution in [0.3, 0.4) is 0 Å². The molecule has 0 radical (unpaired) electrons. The molecule has 0 saturated carbocycles. The molecule has 1 aromatic carbocycles. The Kier molecular flexibility index (Phi) is 3.05. The maximum Gasteiger partial charge on any atom is 0.279 e. The molecule has 0 atom stereocenters. The summed E-state index contributed by atoms with van der Waals surface area (Å²) in [7, 11) is 0. The summed E-state index contributed by atoms with van der Waals surface area (Å²) in [4.78, 5) is 4.11. The molecular weight excluding hydrogens is 286 g/mol. The molecule has 0 aliphatic rings. The van der Waals surface area contributed by atoms with Gasteiger partial charge in [0.25, 0.3) is 5.19 Å². The smallest absolute Gasteiger partial charge is 0.279 e. The molecule has 0 unspecified atom stereocenters. The number of halogens is 2.